The van der Waals surface area contributed by atoms with E-state index in [0.29, 0.717) is 24.4 Å². The van der Waals surface area contributed by atoms with Crippen molar-refractivity contribution in [1.29, 1.82) is 0 Å². The van der Waals surface area contributed by atoms with Crippen molar-refractivity contribution in [2.75, 3.05) is 26.2 Å². The Bertz CT molecular complexity index is 1320. The number of halogens is 3. The summed E-state index contributed by atoms with van der Waals surface area (Å²) in [5.41, 5.74) is 2.87. The van der Waals surface area contributed by atoms with E-state index in [-0.39, 0.29) is 30.5 Å². The molecule has 2 N–H and O–H groups in total. The molecule has 2 amide bonds. The number of aliphatic hydroxyl groups is 1. The Morgan fingerprint density at radius 3 is 2.45 bits per heavy atom. The second-order valence-electron chi connectivity index (χ2n) is 9.73. The smallest absolute Gasteiger partial charge is 0.390 e. The zero-order valence-electron chi connectivity index (χ0n) is 20.6. The Hall–Kier alpha value is -3.21. The van der Waals surface area contributed by atoms with E-state index in [0.717, 1.165) is 42.1 Å². The summed E-state index contributed by atoms with van der Waals surface area (Å²) in [4.78, 5) is 30.9. The SMILES string of the molecule is O=C(NCC(O)CN1CCc2ccccc2C1)c1cc2c(s1)CCN(C(=O)c1ccc(C(F)(F)F)cc1)C2. The molecule has 0 radical (unpaired) electrons. The maximum atomic E-state index is 12.9. The summed E-state index contributed by atoms with van der Waals surface area (Å²) in [6, 6.07) is 14.3. The van der Waals surface area contributed by atoms with Gasteiger partial charge in [0.2, 0.25) is 0 Å². The van der Waals surface area contributed by atoms with Crippen LogP contribution in [0.1, 0.15) is 47.2 Å². The Balaban J connectivity index is 1.13. The van der Waals surface area contributed by atoms with Crippen molar-refractivity contribution in [3.63, 3.8) is 0 Å². The number of carbonyl (C=O) groups is 2. The minimum atomic E-state index is -4.45. The van der Waals surface area contributed by atoms with E-state index in [2.05, 4.69) is 22.3 Å². The summed E-state index contributed by atoms with van der Waals surface area (Å²) in [6.07, 6.45) is -3.64. The zero-order chi connectivity index (χ0) is 26.9. The number of hydrogen-bond donors (Lipinski definition) is 2. The monoisotopic (exact) mass is 543 g/mol. The molecule has 0 bridgehead atoms. The summed E-state index contributed by atoms with van der Waals surface area (Å²) < 4.78 is 38.5. The predicted molar refractivity (Wildman–Crippen MR) is 138 cm³/mol. The highest BCUT2D eigenvalue weighted by Gasteiger charge is 2.31. The highest BCUT2D eigenvalue weighted by molar-refractivity contribution is 7.14. The molecule has 0 spiro atoms. The van der Waals surface area contributed by atoms with Gasteiger partial charge in [-0.2, -0.15) is 13.2 Å². The molecule has 3 heterocycles. The van der Waals surface area contributed by atoms with E-state index in [1.807, 2.05) is 12.1 Å². The predicted octanol–water partition coefficient (Wildman–Crippen LogP) is 4.11. The largest absolute Gasteiger partial charge is 0.416 e. The number of amides is 2. The van der Waals surface area contributed by atoms with Crippen LogP contribution in [-0.4, -0.2) is 59.0 Å². The number of aliphatic hydroxyl groups excluding tert-OH is 1. The van der Waals surface area contributed by atoms with Gasteiger partial charge < -0.3 is 15.3 Å². The Labute approximate surface area is 222 Å². The fourth-order valence-electron chi connectivity index (χ4n) is 4.97. The van der Waals surface area contributed by atoms with Crippen LogP contribution in [0.15, 0.2) is 54.6 Å². The molecule has 6 nitrogen and oxygen atoms in total. The fourth-order valence-corrected chi connectivity index (χ4v) is 6.05. The van der Waals surface area contributed by atoms with Gasteiger partial charge in [0.05, 0.1) is 16.5 Å². The number of carbonyl (C=O) groups excluding carboxylic acids is 2. The number of hydrogen-bond acceptors (Lipinski definition) is 5. The molecular weight excluding hydrogens is 515 g/mol. The molecule has 2 aliphatic rings. The molecule has 2 aliphatic heterocycles. The first-order valence-electron chi connectivity index (χ1n) is 12.5. The highest BCUT2D eigenvalue weighted by atomic mass is 32.1. The van der Waals surface area contributed by atoms with Gasteiger partial charge in [0, 0.05) is 49.7 Å². The van der Waals surface area contributed by atoms with E-state index < -0.39 is 17.8 Å². The first kappa shape index (κ1) is 26.4. The van der Waals surface area contributed by atoms with Crippen LogP contribution in [0.3, 0.4) is 0 Å². The van der Waals surface area contributed by atoms with E-state index in [1.54, 1.807) is 11.0 Å². The molecule has 2 aromatic carbocycles. The lowest BCUT2D eigenvalue weighted by Gasteiger charge is -2.30. The molecule has 5 rings (SSSR count). The van der Waals surface area contributed by atoms with Gasteiger partial charge >= 0.3 is 6.18 Å². The second kappa shape index (κ2) is 10.9. The summed E-state index contributed by atoms with van der Waals surface area (Å²) in [5.74, 6) is -0.613. The summed E-state index contributed by atoms with van der Waals surface area (Å²) in [6.45, 7) is 2.96. The van der Waals surface area contributed by atoms with Crippen LogP contribution in [0.5, 0.6) is 0 Å². The summed E-state index contributed by atoms with van der Waals surface area (Å²) in [5, 5.41) is 13.3. The van der Waals surface area contributed by atoms with Gasteiger partial charge in [-0.25, -0.2) is 0 Å². The Morgan fingerprint density at radius 2 is 1.71 bits per heavy atom. The molecule has 3 aromatic rings. The first-order valence-corrected chi connectivity index (χ1v) is 13.3. The zero-order valence-corrected chi connectivity index (χ0v) is 21.4. The lowest BCUT2D eigenvalue weighted by molar-refractivity contribution is -0.137. The van der Waals surface area contributed by atoms with Gasteiger partial charge in [-0.1, -0.05) is 24.3 Å². The van der Waals surface area contributed by atoms with Gasteiger partial charge in [0.15, 0.2) is 0 Å². The molecule has 0 aliphatic carbocycles. The molecule has 0 saturated carbocycles. The number of nitrogens with one attached hydrogen (secondary N) is 1. The Morgan fingerprint density at radius 1 is 0.974 bits per heavy atom. The summed E-state index contributed by atoms with van der Waals surface area (Å²) in [7, 11) is 0. The van der Waals surface area contributed by atoms with E-state index in [9.17, 15) is 27.9 Å². The van der Waals surface area contributed by atoms with Crippen LogP contribution >= 0.6 is 11.3 Å². The van der Waals surface area contributed by atoms with Crippen LogP contribution < -0.4 is 5.32 Å². The van der Waals surface area contributed by atoms with Crippen molar-refractivity contribution in [2.45, 2.75) is 38.2 Å². The number of benzene rings is 2. The normalized spacial score (nSPS) is 16.5. The number of alkyl halides is 3. The number of rotatable bonds is 6. The fraction of sp³-hybridized carbons (Fsp3) is 0.357. The maximum absolute atomic E-state index is 12.9. The average molecular weight is 544 g/mol. The van der Waals surface area contributed by atoms with E-state index >= 15 is 0 Å². The molecule has 38 heavy (non-hydrogen) atoms. The van der Waals surface area contributed by atoms with Crippen LogP contribution in [-0.2, 0) is 32.1 Å². The molecule has 200 valence electrons. The minimum absolute atomic E-state index is 0.137. The van der Waals surface area contributed by atoms with Crippen molar-refractivity contribution in [3.05, 3.63) is 92.2 Å². The first-order chi connectivity index (χ1) is 18.2. The van der Waals surface area contributed by atoms with E-state index in [4.69, 9.17) is 0 Å². The van der Waals surface area contributed by atoms with Gasteiger partial charge in [-0.05, 0) is 59.9 Å². The van der Waals surface area contributed by atoms with Crippen molar-refractivity contribution in [3.8, 4) is 0 Å². The molecular formula is C28H28F3N3O3S. The molecule has 0 fully saturated rings. The maximum Gasteiger partial charge on any atom is 0.416 e. The summed E-state index contributed by atoms with van der Waals surface area (Å²) >= 11 is 1.37. The second-order valence-corrected chi connectivity index (χ2v) is 10.9. The van der Waals surface area contributed by atoms with Crippen LogP contribution in [0.4, 0.5) is 13.2 Å². The van der Waals surface area contributed by atoms with Gasteiger partial charge in [-0.3, -0.25) is 14.5 Å². The van der Waals surface area contributed by atoms with E-state index in [1.165, 1.54) is 34.6 Å². The molecule has 0 saturated heterocycles. The topological polar surface area (TPSA) is 72.9 Å². The van der Waals surface area contributed by atoms with Crippen LogP contribution in [0.25, 0.3) is 0 Å². The third-order valence-electron chi connectivity index (χ3n) is 7.01. The Kier molecular flexibility index (Phi) is 7.56. The molecule has 1 unspecified atom stereocenters. The molecule has 1 aromatic heterocycles. The third kappa shape index (κ3) is 5.92. The quantitative estimate of drug-likeness (QED) is 0.491. The number of fused-ring (bicyclic) bond motifs is 2. The lowest BCUT2D eigenvalue weighted by atomic mass is 10.00. The molecule has 1 atom stereocenters. The number of nitrogens with zero attached hydrogens (tertiary/aromatic N) is 2. The molecule has 10 heteroatoms. The van der Waals surface area contributed by atoms with Crippen molar-refractivity contribution in [1.82, 2.24) is 15.1 Å². The van der Waals surface area contributed by atoms with Crippen LogP contribution in [0.2, 0.25) is 0 Å². The lowest BCUT2D eigenvalue weighted by Crippen LogP contribution is -2.41. The van der Waals surface area contributed by atoms with Crippen molar-refractivity contribution in [2.24, 2.45) is 0 Å². The van der Waals surface area contributed by atoms with Gasteiger partial charge in [0.1, 0.15) is 0 Å². The minimum Gasteiger partial charge on any atom is -0.390 e. The highest BCUT2D eigenvalue weighted by Crippen LogP contribution is 2.31. The standard InChI is InChI=1S/C28H28F3N3O3S/c29-28(30,31)22-7-5-19(6-8-22)27(37)34-12-10-24-21(16-34)13-25(38-24)26(36)32-14-23(35)17-33-11-9-18-3-1-2-4-20(18)15-33/h1-8,13,23,35H,9-12,14-17H2,(H,32,36). The van der Waals surface area contributed by atoms with Gasteiger partial charge in [-0.15, -0.1) is 11.3 Å². The van der Waals surface area contributed by atoms with Crippen molar-refractivity contribution < 1.29 is 27.9 Å². The third-order valence-corrected chi connectivity index (χ3v) is 8.25. The van der Waals surface area contributed by atoms with Crippen molar-refractivity contribution >= 4 is 23.2 Å². The number of β-amino-alcohol motifs (C(OH)–C–C–N with tert-alkyl or cyclic N) is 1. The number of thiophene rings is 1. The van der Waals surface area contributed by atoms with Gasteiger partial charge in [0.25, 0.3) is 11.8 Å². The van der Waals surface area contributed by atoms with Crippen LogP contribution in [0, 0.1) is 0 Å². The average Bonchev–Trinajstić information content (AvgIpc) is 3.34.